The highest BCUT2D eigenvalue weighted by atomic mass is 19.1. The highest BCUT2D eigenvalue weighted by Gasteiger charge is 2.05. The van der Waals surface area contributed by atoms with Crippen molar-refractivity contribution in [3.05, 3.63) is 71.7 Å². The minimum atomic E-state index is -0.475. The molecular weight excluding hydrogens is 321 g/mol. The second-order valence-electron chi connectivity index (χ2n) is 4.95. The average molecular weight is 339 g/mol. The molecule has 0 aliphatic rings. The molecule has 2 rings (SSSR count). The van der Waals surface area contributed by atoms with E-state index in [0.717, 1.165) is 17.3 Å². The van der Waals surface area contributed by atoms with Crippen LogP contribution in [-0.2, 0) is 0 Å². The zero-order valence-electron chi connectivity index (χ0n) is 13.8. The number of hydrogen-bond acceptors (Lipinski definition) is 5. The first-order valence-electron chi connectivity index (χ1n) is 7.58. The molecule has 0 spiro atoms. The Hall–Kier alpha value is -3.33. The monoisotopic (exact) mass is 339 g/mol. The lowest BCUT2D eigenvalue weighted by molar-refractivity contribution is 0.216. The van der Waals surface area contributed by atoms with Crippen molar-refractivity contribution in [1.82, 2.24) is 0 Å². The lowest BCUT2D eigenvalue weighted by atomic mass is 10.1. The molecule has 0 saturated heterocycles. The summed E-state index contributed by atoms with van der Waals surface area (Å²) in [7, 11) is 1.69. The van der Waals surface area contributed by atoms with E-state index < -0.39 is 5.82 Å². The molecule has 0 heterocycles. The van der Waals surface area contributed by atoms with E-state index in [1.54, 1.807) is 13.1 Å². The maximum atomic E-state index is 13.1. The summed E-state index contributed by atoms with van der Waals surface area (Å²) in [4.78, 5) is 4.16. The Morgan fingerprint density at radius 2 is 2.04 bits per heavy atom. The third kappa shape index (κ3) is 5.08. The van der Waals surface area contributed by atoms with Gasteiger partial charge in [-0.2, -0.15) is 5.26 Å². The van der Waals surface area contributed by atoms with Gasteiger partial charge >= 0.3 is 0 Å². The summed E-state index contributed by atoms with van der Waals surface area (Å²) < 4.78 is 24.2. The van der Waals surface area contributed by atoms with Crippen LogP contribution in [0.25, 0.3) is 0 Å². The van der Waals surface area contributed by atoms with Crippen LogP contribution in [0, 0.1) is 17.1 Å². The third-order valence-corrected chi connectivity index (χ3v) is 3.30. The summed E-state index contributed by atoms with van der Waals surface area (Å²) in [5.41, 5.74) is 7.19. The SMILES string of the molecule is CN=C(C=CN)c1cccc(OCCOc2ccc(F)cc2C#N)c1. The molecule has 2 N–H and O–H groups in total. The van der Waals surface area contributed by atoms with E-state index in [-0.39, 0.29) is 18.8 Å². The van der Waals surface area contributed by atoms with Crippen molar-refractivity contribution < 1.29 is 13.9 Å². The van der Waals surface area contributed by atoms with Crippen molar-refractivity contribution in [3.8, 4) is 17.6 Å². The van der Waals surface area contributed by atoms with Crippen LogP contribution in [0.3, 0.4) is 0 Å². The van der Waals surface area contributed by atoms with Gasteiger partial charge in [0.25, 0.3) is 0 Å². The molecule has 0 radical (unpaired) electrons. The van der Waals surface area contributed by atoms with Crippen LogP contribution in [0.15, 0.2) is 59.7 Å². The topological polar surface area (TPSA) is 80.6 Å². The van der Waals surface area contributed by atoms with Gasteiger partial charge in [0, 0.05) is 12.6 Å². The molecule has 0 atom stereocenters. The first-order valence-corrected chi connectivity index (χ1v) is 7.58. The number of aliphatic imine (C=N–C) groups is 1. The molecule has 0 aliphatic carbocycles. The fourth-order valence-electron chi connectivity index (χ4n) is 2.16. The number of hydrogen-bond donors (Lipinski definition) is 1. The highest BCUT2D eigenvalue weighted by molar-refractivity contribution is 6.08. The summed E-state index contributed by atoms with van der Waals surface area (Å²) in [6.45, 7) is 0.499. The van der Waals surface area contributed by atoms with E-state index in [0.29, 0.717) is 11.5 Å². The van der Waals surface area contributed by atoms with Crippen LogP contribution >= 0.6 is 0 Å². The molecule has 128 valence electrons. The Bertz CT molecular complexity index is 826. The van der Waals surface area contributed by atoms with E-state index in [2.05, 4.69) is 4.99 Å². The molecule has 0 amide bonds. The molecule has 6 heteroatoms. The molecule has 0 fully saturated rings. The van der Waals surface area contributed by atoms with Crippen molar-refractivity contribution in [2.24, 2.45) is 10.7 Å². The van der Waals surface area contributed by atoms with Crippen molar-refractivity contribution >= 4 is 5.71 Å². The number of benzene rings is 2. The van der Waals surface area contributed by atoms with Crippen LogP contribution in [0.1, 0.15) is 11.1 Å². The Morgan fingerprint density at radius 3 is 2.76 bits per heavy atom. The fraction of sp³-hybridized carbons (Fsp3) is 0.158. The fourth-order valence-corrected chi connectivity index (χ4v) is 2.16. The summed E-state index contributed by atoms with van der Waals surface area (Å²) in [5.74, 6) is 0.513. The minimum absolute atomic E-state index is 0.152. The largest absolute Gasteiger partial charge is 0.490 e. The van der Waals surface area contributed by atoms with Crippen molar-refractivity contribution in [2.75, 3.05) is 20.3 Å². The van der Waals surface area contributed by atoms with E-state index >= 15 is 0 Å². The molecule has 0 aromatic heterocycles. The molecule has 2 aromatic rings. The second kappa shape index (κ2) is 9.08. The van der Waals surface area contributed by atoms with Crippen molar-refractivity contribution in [1.29, 1.82) is 5.26 Å². The molecule has 2 aromatic carbocycles. The van der Waals surface area contributed by atoms with E-state index in [9.17, 15) is 4.39 Å². The summed E-state index contributed by atoms with van der Waals surface area (Å²) in [5, 5.41) is 8.97. The van der Waals surface area contributed by atoms with Gasteiger partial charge in [0.1, 0.15) is 36.6 Å². The lowest BCUT2D eigenvalue weighted by Crippen LogP contribution is -2.10. The minimum Gasteiger partial charge on any atom is -0.490 e. The lowest BCUT2D eigenvalue weighted by Gasteiger charge is -2.10. The average Bonchev–Trinajstić information content (AvgIpc) is 2.64. The Balaban J connectivity index is 1.94. The van der Waals surface area contributed by atoms with Crippen LogP contribution in [0.2, 0.25) is 0 Å². The zero-order chi connectivity index (χ0) is 18.1. The number of ether oxygens (including phenoxy) is 2. The highest BCUT2D eigenvalue weighted by Crippen LogP contribution is 2.19. The van der Waals surface area contributed by atoms with Crippen LogP contribution < -0.4 is 15.2 Å². The molecule has 0 aliphatic heterocycles. The van der Waals surface area contributed by atoms with Gasteiger partial charge in [-0.1, -0.05) is 12.1 Å². The van der Waals surface area contributed by atoms with Crippen LogP contribution in [0.4, 0.5) is 4.39 Å². The number of allylic oxidation sites excluding steroid dienone is 1. The van der Waals surface area contributed by atoms with Crippen LogP contribution in [0.5, 0.6) is 11.5 Å². The van der Waals surface area contributed by atoms with Gasteiger partial charge in [-0.05, 0) is 42.6 Å². The van der Waals surface area contributed by atoms with E-state index in [1.807, 2.05) is 30.3 Å². The van der Waals surface area contributed by atoms with Gasteiger partial charge in [0.2, 0.25) is 0 Å². The summed E-state index contributed by atoms with van der Waals surface area (Å²) in [6, 6.07) is 13.1. The normalized spacial score (nSPS) is 11.3. The van der Waals surface area contributed by atoms with Gasteiger partial charge in [-0.15, -0.1) is 0 Å². The standard InChI is InChI=1S/C19H18FN3O2/c1-23-18(7-8-21)14-3-2-4-17(12-14)24-9-10-25-19-6-5-16(20)11-15(19)13-22/h2-8,11-12H,9-10,21H2,1H3. The number of nitriles is 1. The number of nitrogens with zero attached hydrogens (tertiary/aromatic N) is 2. The second-order valence-corrected chi connectivity index (χ2v) is 4.95. The van der Waals surface area contributed by atoms with Crippen molar-refractivity contribution in [3.63, 3.8) is 0 Å². The summed E-state index contributed by atoms with van der Waals surface area (Å²) >= 11 is 0. The molecule has 5 nitrogen and oxygen atoms in total. The molecular formula is C19H18FN3O2. The predicted molar refractivity (Wildman–Crippen MR) is 94.3 cm³/mol. The van der Waals surface area contributed by atoms with Gasteiger partial charge in [-0.3, -0.25) is 4.99 Å². The van der Waals surface area contributed by atoms with Gasteiger partial charge in [0.05, 0.1) is 11.3 Å². The Kier molecular flexibility index (Phi) is 6.55. The van der Waals surface area contributed by atoms with Crippen LogP contribution in [-0.4, -0.2) is 26.0 Å². The smallest absolute Gasteiger partial charge is 0.137 e. The first kappa shape index (κ1) is 18.0. The molecule has 25 heavy (non-hydrogen) atoms. The first-order chi connectivity index (χ1) is 12.2. The number of rotatable bonds is 7. The van der Waals surface area contributed by atoms with Gasteiger partial charge in [-0.25, -0.2) is 4.39 Å². The third-order valence-electron chi connectivity index (χ3n) is 3.30. The molecule has 0 bridgehead atoms. The van der Waals surface area contributed by atoms with E-state index in [1.165, 1.54) is 18.3 Å². The number of nitrogens with two attached hydrogens (primary N) is 1. The predicted octanol–water partition coefficient (Wildman–Crippen LogP) is 3.05. The Labute approximate surface area is 145 Å². The maximum absolute atomic E-state index is 13.1. The Morgan fingerprint density at radius 1 is 1.24 bits per heavy atom. The quantitative estimate of drug-likeness (QED) is 0.621. The summed E-state index contributed by atoms with van der Waals surface area (Å²) in [6.07, 6.45) is 3.14. The van der Waals surface area contributed by atoms with Gasteiger partial charge < -0.3 is 15.2 Å². The van der Waals surface area contributed by atoms with E-state index in [4.69, 9.17) is 20.5 Å². The van der Waals surface area contributed by atoms with Gasteiger partial charge in [0.15, 0.2) is 0 Å². The number of halogens is 1. The molecule has 0 unspecified atom stereocenters. The molecule has 0 saturated carbocycles. The maximum Gasteiger partial charge on any atom is 0.137 e. The zero-order valence-corrected chi connectivity index (χ0v) is 13.8. The van der Waals surface area contributed by atoms with Crippen molar-refractivity contribution in [2.45, 2.75) is 0 Å².